The number of cyclic esters (lactones) is 1. The van der Waals surface area contributed by atoms with Gasteiger partial charge < -0.3 is 9.47 Å². The lowest BCUT2D eigenvalue weighted by atomic mass is 10.1. The summed E-state index contributed by atoms with van der Waals surface area (Å²) < 4.78 is 10.7. The number of carbonyl (C=O) groups excluding carboxylic acids is 1. The molecule has 0 aromatic heterocycles. The van der Waals surface area contributed by atoms with Crippen molar-refractivity contribution in [2.24, 2.45) is 4.99 Å². The van der Waals surface area contributed by atoms with Gasteiger partial charge in [0.05, 0.1) is 22.1 Å². The van der Waals surface area contributed by atoms with Crippen LogP contribution in [0.1, 0.15) is 18.1 Å². The average Bonchev–Trinajstić information content (AvgIpc) is 2.97. The lowest BCUT2D eigenvalue weighted by Gasteiger charge is -2.06. The average molecular weight is 373 g/mol. The summed E-state index contributed by atoms with van der Waals surface area (Å²) in [6.45, 7) is 2.33. The number of halogens is 1. The molecule has 1 aliphatic rings. The maximum atomic E-state index is 12.1. The molecule has 26 heavy (non-hydrogen) atoms. The fraction of sp³-hybridized carbons (Fsp3) is 0.111. The number of hydrogen-bond donors (Lipinski definition) is 0. The van der Waals surface area contributed by atoms with Crippen LogP contribution in [0.4, 0.5) is 5.69 Å². The molecule has 0 amide bonds. The molecular weight excluding hydrogens is 360 g/mol. The first kappa shape index (κ1) is 17.6. The van der Waals surface area contributed by atoms with Gasteiger partial charge in [-0.15, -0.1) is 0 Å². The van der Waals surface area contributed by atoms with Crippen molar-refractivity contribution in [1.82, 2.24) is 0 Å². The highest BCUT2D eigenvalue weighted by Crippen LogP contribution is 2.28. The first-order valence-electron chi connectivity index (χ1n) is 7.68. The standard InChI is InChI=1S/C18H13ClN2O5/c1-2-25-16-6-4-3-5-11(16)9-15-18(22)26-17(20-15)13-10-12(21(23)24)7-8-14(13)19/h3-10H,2H2,1H3. The summed E-state index contributed by atoms with van der Waals surface area (Å²) in [4.78, 5) is 26.7. The largest absolute Gasteiger partial charge is 0.493 e. The van der Waals surface area contributed by atoms with Gasteiger partial charge in [0.1, 0.15) is 5.75 Å². The number of aliphatic imine (C=N–C) groups is 1. The van der Waals surface area contributed by atoms with Crippen molar-refractivity contribution >= 4 is 35.2 Å². The van der Waals surface area contributed by atoms with Crippen molar-refractivity contribution in [2.45, 2.75) is 6.92 Å². The summed E-state index contributed by atoms with van der Waals surface area (Å²) in [7, 11) is 0. The molecule has 0 N–H and O–H groups in total. The number of esters is 1. The predicted octanol–water partition coefficient (Wildman–Crippen LogP) is 3.99. The summed E-state index contributed by atoms with van der Waals surface area (Å²) in [6.07, 6.45) is 1.53. The Morgan fingerprint density at radius 1 is 1.31 bits per heavy atom. The van der Waals surface area contributed by atoms with Gasteiger partial charge in [0.15, 0.2) is 5.70 Å². The molecular formula is C18H13ClN2O5. The third-order valence-electron chi connectivity index (χ3n) is 3.52. The number of non-ortho nitro benzene ring substituents is 1. The normalized spacial score (nSPS) is 14.9. The van der Waals surface area contributed by atoms with Crippen molar-refractivity contribution in [1.29, 1.82) is 0 Å². The summed E-state index contributed by atoms with van der Waals surface area (Å²) >= 11 is 6.07. The minimum absolute atomic E-state index is 0.0507. The third-order valence-corrected chi connectivity index (χ3v) is 3.85. The Morgan fingerprint density at radius 3 is 2.81 bits per heavy atom. The van der Waals surface area contributed by atoms with Crippen LogP contribution in [0.2, 0.25) is 5.02 Å². The van der Waals surface area contributed by atoms with E-state index >= 15 is 0 Å². The van der Waals surface area contributed by atoms with Gasteiger partial charge in [-0.3, -0.25) is 10.1 Å². The molecule has 0 radical (unpaired) electrons. The monoisotopic (exact) mass is 372 g/mol. The van der Waals surface area contributed by atoms with E-state index in [1.807, 2.05) is 13.0 Å². The van der Waals surface area contributed by atoms with Crippen LogP contribution < -0.4 is 4.74 Å². The number of para-hydroxylation sites is 1. The van der Waals surface area contributed by atoms with Crippen molar-refractivity contribution in [3.05, 3.63) is 74.4 Å². The van der Waals surface area contributed by atoms with Crippen LogP contribution in [0.15, 0.2) is 53.2 Å². The molecule has 0 aliphatic carbocycles. The van der Waals surface area contributed by atoms with E-state index in [0.29, 0.717) is 17.9 Å². The van der Waals surface area contributed by atoms with Crippen LogP contribution in [-0.2, 0) is 9.53 Å². The predicted molar refractivity (Wildman–Crippen MR) is 96.3 cm³/mol. The molecule has 2 aromatic carbocycles. The second-order valence-corrected chi connectivity index (χ2v) is 5.64. The van der Waals surface area contributed by atoms with Gasteiger partial charge in [-0.2, -0.15) is 0 Å². The van der Waals surface area contributed by atoms with Gasteiger partial charge in [-0.05, 0) is 25.1 Å². The van der Waals surface area contributed by atoms with Crippen LogP contribution >= 0.6 is 11.6 Å². The topological polar surface area (TPSA) is 91.0 Å². The molecule has 8 heteroatoms. The number of benzene rings is 2. The molecule has 0 unspecified atom stereocenters. The van der Waals surface area contributed by atoms with E-state index in [4.69, 9.17) is 21.1 Å². The van der Waals surface area contributed by atoms with Crippen LogP contribution in [0, 0.1) is 10.1 Å². The first-order chi connectivity index (χ1) is 12.5. The Hall–Kier alpha value is -3.19. The van der Waals surface area contributed by atoms with Gasteiger partial charge in [0.25, 0.3) is 5.69 Å². The number of nitrogens with zero attached hydrogens (tertiary/aromatic N) is 2. The molecule has 0 spiro atoms. The number of ether oxygens (including phenoxy) is 2. The maximum absolute atomic E-state index is 12.1. The van der Waals surface area contributed by atoms with Gasteiger partial charge in [0, 0.05) is 17.7 Å². The van der Waals surface area contributed by atoms with Crippen molar-refractivity contribution in [3.63, 3.8) is 0 Å². The van der Waals surface area contributed by atoms with E-state index in [1.165, 1.54) is 24.3 Å². The smallest absolute Gasteiger partial charge is 0.363 e. The van der Waals surface area contributed by atoms with E-state index < -0.39 is 10.9 Å². The van der Waals surface area contributed by atoms with Gasteiger partial charge in [-0.1, -0.05) is 29.8 Å². The molecule has 0 saturated heterocycles. The van der Waals surface area contributed by atoms with E-state index in [0.717, 1.165) is 0 Å². The maximum Gasteiger partial charge on any atom is 0.363 e. The third kappa shape index (κ3) is 3.57. The molecule has 1 heterocycles. The number of nitro benzene ring substituents is 1. The lowest BCUT2D eigenvalue weighted by Crippen LogP contribution is -2.06. The number of nitro groups is 1. The second-order valence-electron chi connectivity index (χ2n) is 5.23. The molecule has 0 fully saturated rings. The van der Waals surface area contributed by atoms with Crippen LogP contribution in [0.25, 0.3) is 6.08 Å². The highest BCUT2D eigenvalue weighted by molar-refractivity contribution is 6.34. The van der Waals surface area contributed by atoms with Gasteiger partial charge >= 0.3 is 5.97 Å². The Labute approximate surface area is 153 Å². The number of hydrogen-bond acceptors (Lipinski definition) is 6. The molecule has 7 nitrogen and oxygen atoms in total. The lowest BCUT2D eigenvalue weighted by molar-refractivity contribution is -0.384. The quantitative estimate of drug-likeness (QED) is 0.342. The molecule has 3 rings (SSSR count). The Kier molecular flexibility index (Phi) is 4.99. The molecule has 0 saturated carbocycles. The van der Waals surface area contributed by atoms with E-state index in [2.05, 4.69) is 4.99 Å². The first-order valence-corrected chi connectivity index (χ1v) is 8.06. The summed E-state index contributed by atoms with van der Waals surface area (Å²) in [6, 6.07) is 11.0. The van der Waals surface area contributed by atoms with Crippen LogP contribution in [0.3, 0.4) is 0 Å². The minimum atomic E-state index is -0.672. The van der Waals surface area contributed by atoms with Crippen LogP contribution in [0.5, 0.6) is 5.75 Å². The van der Waals surface area contributed by atoms with E-state index in [-0.39, 0.29) is 27.9 Å². The van der Waals surface area contributed by atoms with Gasteiger partial charge in [-0.25, -0.2) is 9.79 Å². The Bertz CT molecular complexity index is 952. The SMILES string of the molecule is CCOc1ccccc1C=C1N=C(c2cc([N+](=O)[O-])ccc2Cl)OC1=O. The summed E-state index contributed by atoms with van der Waals surface area (Å²) in [5, 5.41) is 11.1. The Balaban J connectivity index is 2.00. The zero-order chi connectivity index (χ0) is 18.7. The summed E-state index contributed by atoms with van der Waals surface area (Å²) in [5.74, 6) is -0.148. The molecule has 0 atom stereocenters. The fourth-order valence-corrected chi connectivity index (χ4v) is 2.55. The zero-order valence-electron chi connectivity index (χ0n) is 13.6. The second kappa shape index (κ2) is 7.37. The number of carbonyl (C=O) groups is 1. The summed E-state index contributed by atoms with van der Waals surface area (Å²) in [5.41, 5.74) is 0.712. The van der Waals surface area contributed by atoms with Crippen molar-refractivity contribution in [3.8, 4) is 5.75 Å². The number of rotatable bonds is 5. The minimum Gasteiger partial charge on any atom is -0.493 e. The Morgan fingerprint density at radius 2 is 2.08 bits per heavy atom. The molecule has 132 valence electrons. The molecule has 1 aliphatic heterocycles. The van der Waals surface area contributed by atoms with Crippen molar-refractivity contribution < 1.29 is 19.2 Å². The fourth-order valence-electron chi connectivity index (χ4n) is 2.35. The molecule has 0 bridgehead atoms. The molecule has 2 aromatic rings. The highest BCUT2D eigenvalue weighted by Gasteiger charge is 2.27. The zero-order valence-corrected chi connectivity index (χ0v) is 14.4. The van der Waals surface area contributed by atoms with Crippen LogP contribution in [-0.4, -0.2) is 23.4 Å². The van der Waals surface area contributed by atoms with Gasteiger partial charge in [0.2, 0.25) is 5.90 Å². The van der Waals surface area contributed by atoms with E-state index in [1.54, 1.807) is 18.2 Å². The highest BCUT2D eigenvalue weighted by atomic mass is 35.5. The van der Waals surface area contributed by atoms with E-state index in [9.17, 15) is 14.9 Å². The van der Waals surface area contributed by atoms with Crippen molar-refractivity contribution in [2.75, 3.05) is 6.61 Å².